The number of carbonyl (C=O) groups excluding carboxylic acids is 1. The summed E-state index contributed by atoms with van der Waals surface area (Å²) in [6, 6.07) is 5.99. The highest BCUT2D eigenvalue weighted by Crippen LogP contribution is 2.19. The van der Waals surface area contributed by atoms with Crippen LogP contribution < -0.4 is 4.74 Å². The molecular formula is C18H21N3O2. The van der Waals surface area contributed by atoms with Crippen LogP contribution in [0.3, 0.4) is 0 Å². The van der Waals surface area contributed by atoms with Gasteiger partial charge in [-0.3, -0.25) is 9.78 Å². The molecule has 1 aromatic carbocycles. The summed E-state index contributed by atoms with van der Waals surface area (Å²) in [6.07, 6.45) is 6.58. The maximum Gasteiger partial charge on any atom is 0.253 e. The fraction of sp³-hybridized carbons (Fsp3) is 0.389. The fourth-order valence-electron chi connectivity index (χ4n) is 2.97. The van der Waals surface area contributed by atoms with E-state index in [0.717, 1.165) is 29.5 Å². The molecule has 1 aromatic heterocycles. The highest BCUT2D eigenvalue weighted by atomic mass is 16.5. The van der Waals surface area contributed by atoms with Crippen molar-refractivity contribution in [1.29, 1.82) is 0 Å². The number of aromatic nitrogens is 2. The average molecular weight is 311 g/mol. The minimum absolute atomic E-state index is 0.0926. The van der Waals surface area contributed by atoms with Gasteiger partial charge in [0.1, 0.15) is 6.10 Å². The van der Waals surface area contributed by atoms with Crippen molar-refractivity contribution in [2.45, 2.75) is 32.8 Å². The van der Waals surface area contributed by atoms with Crippen molar-refractivity contribution in [3.05, 3.63) is 53.5 Å². The molecule has 0 radical (unpaired) electrons. The standard InChI is InChI=1S/C18H21N3O2/c1-13-9-14(2)11-15(10-13)18(22)21-7-3-16(4-8-21)23-17-12-19-5-6-20-17/h5-6,9-12,16H,3-4,7-8H2,1-2H3. The number of ether oxygens (including phenoxy) is 1. The van der Waals surface area contributed by atoms with E-state index < -0.39 is 0 Å². The number of amides is 1. The van der Waals surface area contributed by atoms with Crippen LogP contribution in [0.15, 0.2) is 36.8 Å². The van der Waals surface area contributed by atoms with Crippen molar-refractivity contribution in [2.24, 2.45) is 0 Å². The van der Waals surface area contributed by atoms with Crippen LogP contribution in [0.25, 0.3) is 0 Å². The van der Waals surface area contributed by atoms with Crippen LogP contribution >= 0.6 is 0 Å². The molecule has 0 unspecified atom stereocenters. The Morgan fingerprint density at radius 2 is 1.83 bits per heavy atom. The normalized spacial score (nSPS) is 15.5. The first-order valence-electron chi connectivity index (χ1n) is 7.92. The van der Waals surface area contributed by atoms with Crippen molar-refractivity contribution in [3.63, 3.8) is 0 Å². The van der Waals surface area contributed by atoms with Gasteiger partial charge in [0.15, 0.2) is 0 Å². The molecule has 0 N–H and O–H groups in total. The van der Waals surface area contributed by atoms with E-state index in [-0.39, 0.29) is 12.0 Å². The fourth-order valence-corrected chi connectivity index (χ4v) is 2.97. The SMILES string of the molecule is Cc1cc(C)cc(C(=O)N2CCC(Oc3cnccn3)CC2)c1. The summed E-state index contributed by atoms with van der Waals surface area (Å²) in [5.74, 6) is 0.654. The molecule has 1 saturated heterocycles. The van der Waals surface area contributed by atoms with E-state index in [0.29, 0.717) is 19.0 Å². The Hall–Kier alpha value is -2.43. The second kappa shape index (κ2) is 6.77. The molecule has 2 aromatic rings. The second-order valence-electron chi connectivity index (χ2n) is 6.03. The summed E-state index contributed by atoms with van der Waals surface area (Å²) < 4.78 is 5.82. The molecule has 1 fully saturated rings. The predicted octanol–water partition coefficient (Wildman–Crippen LogP) is 2.78. The summed E-state index contributed by atoms with van der Waals surface area (Å²) in [4.78, 5) is 22.7. The number of nitrogens with zero attached hydrogens (tertiary/aromatic N) is 3. The molecule has 0 saturated carbocycles. The molecule has 3 rings (SSSR count). The number of likely N-dealkylation sites (tertiary alicyclic amines) is 1. The Morgan fingerprint density at radius 3 is 2.43 bits per heavy atom. The van der Waals surface area contributed by atoms with Gasteiger partial charge in [-0.15, -0.1) is 0 Å². The molecule has 5 nitrogen and oxygen atoms in total. The van der Waals surface area contributed by atoms with Crippen LogP contribution in [0.5, 0.6) is 5.88 Å². The third-order valence-corrected chi connectivity index (χ3v) is 4.02. The molecule has 0 atom stereocenters. The van der Waals surface area contributed by atoms with Crippen LogP contribution in [0.2, 0.25) is 0 Å². The number of carbonyl (C=O) groups is 1. The number of aryl methyl sites for hydroxylation is 2. The Labute approximate surface area is 136 Å². The van der Waals surface area contributed by atoms with Crippen molar-refractivity contribution in [3.8, 4) is 5.88 Å². The maximum absolute atomic E-state index is 12.6. The van der Waals surface area contributed by atoms with Gasteiger partial charge in [0.25, 0.3) is 5.91 Å². The number of piperidine rings is 1. The number of benzene rings is 1. The van der Waals surface area contributed by atoms with Crippen molar-refractivity contribution in [1.82, 2.24) is 14.9 Å². The molecule has 120 valence electrons. The lowest BCUT2D eigenvalue weighted by molar-refractivity contribution is 0.0587. The van der Waals surface area contributed by atoms with Gasteiger partial charge in [-0.1, -0.05) is 17.2 Å². The Balaban J connectivity index is 1.59. The molecule has 23 heavy (non-hydrogen) atoms. The van der Waals surface area contributed by atoms with Crippen molar-refractivity contribution >= 4 is 5.91 Å². The van der Waals surface area contributed by atoms with E-state index >= 15 is 0 Å². The van der Waals surface area contributed by atoms with Crippen LogP contribution in [-0.2, 0) is 0 Å². The van der Waals surface area contributed by atoms with Crippen LogP contribution in [-0.4, -0.2) is 40.0 Å². The minimum atomic E-state index is 0.0926. The minimum Gasteiger partial charge on any atom is -0.473 e. The van der Waals surface area contributed by atoms with Crippen LogP contribution in [0.4, 0.5) is 0 Å². The summed E-state index contributed by atoms with van der Waals surface area (Å²) in [7, 11) is 0. The van der Waals surface area contributed by atoms with Gasteiger partial charge in [-0.2, -0.15) is 0 Å². The monoisotopic (exact) mass is 311 g/mol. The molecule has 0 spiro atoms. The zero-order chi connectivity index (χ0) is 16.2. The lowest BCUT2D eigenvalue weighted by atomic mass is 10.0. The van der Waals surface area contributed by atoms with E-state index in [1.807, 2.05) is 30.9 Å². The predicted molar refractivity (Wildman–Crippen MR) is 87.5 cm³/mol. The first-order chi connectivity index (χ1) is 11.1. The molecule has 5 heteroatoms. The molecule has 2 heterocycles. The third kappa shape index (κ3) is 3.86. The number of hydrogen-bond donors (Lipinski definition) is 0. The molecule has 0 aliphatic carbocycles. The zero-order valence-corrected chi connectivity index (χ0v) is 13.5. The highest BCUT2D eigenvalue weighted by Gasteiger charge is 2.25. The Bertz CT molecular complexity index is 660. The van der Waals surface area contributed by atoms with Crippen molar-refractivity contribution < 1.29 is 9.53 Å². The van der Waals surface area contributed by atoms with E-state index in [9.17, 15) is 4.79 Å². The summed E-state index contributed by atoms with van der Waals surface area (Å²) >= 11 is 0. The maximum atomic E-state index is 12.6. The Kier molecular flexibility index (Phi) is 4.55. The van der Waals surface area contributed by atoms with Gasteiger partial charge >= 0.3 is 0 Å². The van der Waals surface area contributed by atoms with Crippen LogP contribution in [0, 0.1) is 13.8 Å². The Morgan fingerprint density at radius 1 is 1.13 bits per heavy atom. The summed E-state index contributed by atoms with van der Waals surface area (Å²) in [5.41, 5.74) is 3.01. The second-order valence-corrected chi connectivity index (χ2v) is 6.03. The molecule has 1 aliphatic heterocycles. The lowest BCUT2D eigenvalue weighted by Gasteiger charge is -2.32. The van der Waals surface area contributed by atoms with Gasteiger partial charge < -0.3 is 9.64 Å². The molecule has 1 aliphatic rings. The first-order valence-corrected chi connectivity index (χ1v) is 7.92. The summed E-state index contributed by atoms with van der Waals surface area (Å²) in [5, 5.41) is 0. The zero-order valence-electron chi connectivity index (χ0n) is 13.5. The number of hydrogen-bond acceptors (Lipinski definition) is 4. The van der Waals surface area contributed by atoms with Gasteiger partial charge in [-0.25, -0.2) is 4.98 Å². The van der Waals surface area contributed by atoms with Crippen molar-refractivity contribution in [2.75, 3.05) is 13.1 Å². The van der Waals surface area contributed by atoms with Crippen LogP contribution in [0.1, 0.15) is 34.3 Å². The van der Waals surface area contributed by atoms with Gasteiger partial charge in [-0.05, 0) is 26.0 Å². The summed E-state index contributed by atoms with van der Waals surface area (Å²) in [6.45, 7) is 5.45. The van der Waals surface area contributed by atoms with E-state index in [4.69, 9.17) is 4.74 Å². The lowest BCUT2D eigenvalue weighted by Crippen LogP contribution is -2.41. The first kappa shape index (κ1) is 15.5. The van der Waals surface area contributed by atoms with E-state index in [1.54, 1.807) is 18.6 Å². The smallest absolute Gasteiger partial charge is 0.253 e. The van der Waals surface area contributed by atoms with E-state index in [2.05, 4.69) is 16.0 Å². The highest BCUT2D eigenvalue weighted by molar-refractivity contribution is 5.94. The number of rotatable bonds is 3. The van der Waals surface area contributed by atoms with Gasteiger partial charge in [0.2, 0.25) is 5.88 Å². The van der Waals surface area contributed by atoms with Gasteiger partial charge in [0, 0.05) is 43.9 Å². The largest absolute Gasteiger partial charge is 0.473 e. The average Bonchev–Trinajstić information content (AvgIpc) is 2.55. The van der Waals surface area contributed by atoms with E-state index in [1.165, 1.54) is 0 Å². The topological polar surface area (TPSA) is 55.3 Å². The third-order valence-electron chi connectivity index (χ3n) is 4.02. The quantitative estimate of drug-likeness (QED) is 0.874. The molecule has 1 amide bonds. The van der Waals surface area contributed by atoms with Gasteiger partial charge in [0.05, 0.1) is 6.20 Å². The molecular weight excluding hydrogens is 290 g/mol. The molecule has 0 bridgehead atoms.